The molecule has 2 nitrogen and oxygen atoms in total. The van der Waals surface area contributed by atoms with Crippen molar-refractivity contribution < 1.29 is 5.11 Å². The van der Waals surface area contributed by atoms with E-state index in [-0.39, 0.29) is 16.6 Å². The molecule has 0 unspecified atom stereocenters. The Balaban J connectivity index is 3.45. The molecule has 0 radical (unpaired) electrons. The van der Waals surface area contributed by atoms with Crippen LogP contribution in [0.3, 0.4) is 0 Å². The fourth-order valence-corrected chi connectivity index (χ4v) is 2.18. The molecule has 23 heavy (non-hydrogen) atoms. The second-order valence-electron chi connectivity index (χ2n) is 8.09. The number of aromatic hydroxyl groups is 1. The number of phenolic OH excluding ortho intramolecular Hbond substituents is 1. The van der Waals surface area contributed by atoms with Crippen LogP contribution in [0.15, 0.2) is 40.9 Å². The van der Waals surface area contributed by atoms with Crippen LogP contribution in [0.2, 0.25) is 0 Å². The van der Waals surface area contributed by atoms with Crippen LogP contribution < -0.4 is 0 Å². The van der Waals surface area contributed by atoms with E-state index in [1.165, 1.54) is 5.56 Å². The second-order valence-corrected chi connectivity index (χ2v) is 8.09. The summed E-state index contributed by atoms with van der Waals surface area (Å²) in [5.74, 6) is 0.278. The summed E-state index contributed by atoms with van der Waals surface area (Å²) in [4.78, 5) is 4.53. The third-order valence-electron chi connectivity index (χ3n) is 3.72. The average Bonchev–Trinajstić information content (AvgIpc) is 2.41. The lowest BCUT2D eigenvalue weighted by Crippen LogP contribution is -2.16. The van der Waals surface area contributed by atoms with Crippen molar-refractivity contribution in [3.05, 3.63) is 47.1 Å². The van der Waals surface area contributed by atoms with Gasteiger partial charge in [0.15, 0.2) is 0 Å². The molecule has 0 saturated carbocycles. The summed E-state index contributed by atoms with van der Waals surface area (Å²) < 4.78 is 0. The van der Waals surface area contributed by atoms with E-state index in [1.807, 2.05) is 38.1 Å². The van der Waals surface area contributed by atoms with Crippen LogP contribution in [-0.2, 0) is 10.8 Å². The van der Waals surface area contributed by atoms with Gasteiger partial charge in [0.2, 0.25) is 0 Å². The van der Waals surface area contributed by atoms with Gasteiger partial charge < -0.3 is 5.11 Å². The van der Waals surface area contributed by atoms with Gasteiger partial charge in [0.1, 0.15) is 11.4 Å². The Morgan fingerprint density at radius 1 is 1.04 bits per heavy atom. The fourth-order valence-electron chi connectivity index (χ4n) is 2.18. The molecule has 1 aromatic rings. The lowest BCUT2D eigenvalue weighted by molar-refractivity contribution is 0.446. The highest BCUT2D eigenvalue weighted by Crippen LogP contribution is 2.41. The monoisotopic (exact) mass is 313 g/mol. The highest BCUT2D eigenvalue weighted by atomic mass is 16.3. The van der Waals surface area contributed by atoms with Gasteiger partial charge in [-0.1, -0.05) is 65.8 Å². The van der Waals surface area contributed by atoms with E-state index in [4.69, 9.17) is 0 Å². The summed E-state index contributed by atoms with van der Waals surface area (Å²) in [5, 5.41) is 10.7. The molecule has 1 aromatic carbocycles. The highest BCUT2D eigenvalue weighted by molar-refractivity contribution is 5.82. The first-order valence-corrected chi connectivity index (χ1v) is 8.18. The van der Waals surface area contributed by atoms with Gasteiger partial charge in [-0.05, 0) is 41.9 Å². The fraction of sp³-hybridized carbons (Fsp3) is 0.476. The van der Waals surface area contributed by atoms with Gasteiger partial charge in [-0.15, -0.1) is 0 Å². The molecular formula is C21H31NO. The van der Waals surface area contributed by atoms with Crippen LogP contribution in [0.25, 0.3) is 0 Å². The third kappa shape index (κ3) is 5.38. The predicted molar refractivity (Wildman–Crippen MR) is 102 cm³/mol. The molecular weight excluding hydrogens is 282 g/mol. The minimum absolute atomic E-state index is 0.00774. The van der Waals surface area contributed by atoms with Crippen molar-refractivity contribution in [2.45, 2.75) is 66.2 Å². The van der Waals surface area contributed by atoms with Crippen LogP contribution in [0.5, 0.6) is 5.75 Å². The first kappa shape index (κ1) is 19.2. The van der Waals surface area contributed by atoms with Gasteiger partial charge in [-0.25, -0.2) is 0 Å². The molecule has 1 N–H and O–H groups in total. The summed E-state index contributed by atoms with van der Waals surface area (Å²) in [7, 11) is 0. The third-order valence-corrected chi connectivity index (χ3v) is 3.72. The van der Waals surface area contributed by atoms with Crippen molar-refractivity contribution in [2.75, 3.05) is 0 Å². The summed E-state index contributed by atoms with van der Waals surface area (Å²) >= 11 is 0. The van der Waals surface area contributed by atoms with Crippen molar-refractivity contribution in [1.82, 2.24) is 0 Å². The smallest absolute Gasteiger partial charge is 0.144 e. The van der Waals surface area contributed by atoms with E-state index < -0.39 is 0 Å². The standard InChI is InChI=1S/C21H31NO/c1-9-10-11-15(2)14-22-18-13-16(20(3,4)5)12-17(19(18)23)21(6,7)8/h9-14,23H,1-8H3/b10-9-,15-11+,22-14?. The van der Waals surface area contributed by atoms with E-state index in [9.17, 15) is 5.11 Å². The molecule has 0 aliphatic heterocycles. The summed E-state index contributed by atoms with van der Waals surface area (Å²) in [6.07, 6.45) is 7.76. The van der Waals surface area contributed by atoms with E-state index >= 15 is 0 Å². The summed E-state index contributed by atoms with van der Waals surface area (Å²) in [6.45, 7) is 16.8. The number of nitrogens with zero attached hydrogens (tertiary/aromatic N) is 1. The SMILES string of the molecule is C/C=C\C=C(/C)C=Nc1cc(C(C)(C)C)cc(C(C)(C)C)c1O. The van der Waals surface area contributed by atoms with Crippen LogP contribution in [0, 0.1) is 0 Å². The lowest BCUT2D eigenvalue weighted by atomic mass is 9.80. The Hall–Kier alpha value is -1.83. The molecule has 2 heteroatoms. The molecule has 0 aliphatic rings. The van der Waals surface area contributed by atoms with Crippen LogP contribution >= 0.6 is 0 Å². The number of hydrogen-bond acceptors (Lipinski definition) is 2. The molecule has 0 aromatic heterocycles. The number of phenols is 1. The maximum Gasteiger partial charge on any atom is 0.144 e. The minimum Gasteiger partial charge on any atom is -0.505 e. The van der Waals surface area contributed by atoms with Gasteiger partial charge in [0.05, 0.1) is 0 Å². The molecule has 0 amide bonds. The molecule has 126 valence electrons. The van der Waals surface area contributed by atoms with Gasteiger partial charge in [0.25, 0.3) is 0 Å². The maximum atomic E-state index is 10.7. The van der Waals surface area contributed by atoms with Gasteiger partial charge in [-0.2, -0.15) is 0 Å². The highest BCUT2D eigenvalue weighted by Gasteiger charge is 2.24. The Morgan fingerprint density at radius 3 is 2.13 bits per heavy atom. The predicted octanol–water partition coefficient (Wildman–Crippen LogP) is 6.21. The number of benzene rings is 1. The molecule has 0 heterocycles. The molecule has 0 aliphatic carbocycles. The maximum absolute atomic E-state index is 10.7. The number of allylic oxidation sites excluding steroid dienone is 4. The minimum atomic E-state index is -0.133. The van der Waals surface area contributed by atoms with Crippen molar-refractivity contribution >= 4 is 11.9 Å². The van der Waals surface area contributed by atoms with Crippen LogP contribution in [0.1, 0.15) is 66.5 Å². The molecule has 0 spiro atoms. The topological polar surface area (TPSA) is 32.6 Å². The average molecular weight is 313 g/mol. The Labute approximate surface area is 141 Å². The van der Waals surface area contributed by atoms with E-state index in [0.29, 0.717) is 5.69 Å². The van der Waals surface area contributed by atoms with Crippen molar-refractivity contribution in [1.29, 1.82) is 0 Å². The number of rotatable bonds is 3. The second kappa shape index (κ2) is 7.16. The van der Waals surface area contributed by atoms with Crippen LogP contribution in [-0.4, -0.2) is 11.3 Å². The van der Waals surface area contributed by atoms with Crippen molar-refractivity contribution in [3.63, 3.8) is 0 Å². The van der Waals surface area contributed by atoms with E-state index in [0.717, 1.165) is 11.1 Å². The molecule has 0 atom stereocenters. The molecule has 0 fully saturated rings. The first-order valence-electron chi connectivity index (χ1n) is 8.18. The van der Waals surface area contributed by atoms with Gasteiger partial charge >= 0.3 is 0 Å². The van der Waals surface area contributed by atoms with Gasteiger partial charge in [-0.3, -0.25) is 4.99 Å². The normalized spacial score (nSPS) is 14.2. The van der Waals surface area contributed by atoms with Crippen molar-refractivity contribution in [2.24, 2.45) is 4.99 Å². The summed E-state index contributed by atoms with van der Waals surface area (Å²) in [6, 6.07) is 4.10. The summed E-state index contributed by atoms with van der Waals surface area (Å²) in [5.41, 5.74) is 3.67. The molecule has 1 rings (SSSR count). The molecule has 0 saturated heterocycles. The lowest BCUT2D eigenvalue weighted by Gasteiger charge is -2.26. The zero-order valence-electron chi connectivity index (χ0n) is 15.9. The number of hydrogen-bond donors (Lipinski definition) is 1. The zero-order valence-corrected chi connectivity index (χ0v) is 15.9. The van der Waals surface area contributed by atoms with E-state index in [1.54, 1.807) is 6.21 Å². The molecule has 0 bridgehead atoms. The Morgan fingerprint density at radius 2 is 1.65 bits per heavy atom. The van der Waals surface area contributed by atoms with E-state index in [2.05, 4.69) is 52.6 Å². The zero-order chi connectivity index (χ0) is 17.8. The quantitative estimate of drug-likeness (QED) is 0.522. The van der Waals surface area contributed by atoms with Crippen molar-refractivity contribution in [3.8, 4) is 5.75 Å². The number of aliphatic imine (C=N–C) groups is 1. The van der Waals surface area contributed by atoms with Gasteiger partial charge in [0, 0.05) is 11.8 Å². The Bertz CT molecular complexity index is 635. The Kier molecular flexibility index (Phi) is 5.98. The largest absolute Gasteiger partial charge is 0.505 e. The van der Waals surface area contributed by atoms with Crippen LogP contribution in [0.4, 0.5) is 5.69 Å². The first-order chi connectivity index (χ1) is 10.5.